The van der Waals surface area contributed by atoms with Gasteiger partial charge in [0.15, 0.2) is 0 Å². The van der Waals surface area contributed by atoms with Crippen molar-refractivity contribution in [2.45, 2.75) is 25.7 Å². The van der Waals surface area contributed by atoms with Gasteiger partial charge in [-0.1, -0.05) is 13.8 Å². The zero-order chi connectivity index (χ0) is 11.3. The largest absolute Gasteiger partial charge is 0.316 e. The Morgan fingerprint density at radius 3 is 2.73 bits per heavy atom. The Balaban J connectivity index is 2.44. The molecule has 1 N–H and O–H groups in total. The molecule has 0 fully saturated rings. The van der Waals surface area contributed by atoms with Gasteiger partial charge in [-0.2, -0.15) is 0 Å². The molecule has 0 atom stereocenters. The summed E-state index contributed by atoms with van der Waals surface area (Å²) < 4.78 is 1.20. The quantitative estimate of drug-likeness (QED) is 0.618. The highest BCUT2D eigenvalue weighted by atomic mass is 79.9. The summed E-state index contributed by atoms with van der Waals surface area (Å²) in [5, 5.41) is 3.44. The third-order valence-corrected chi connectivity index (χ3v) is 4.55. The highest BCUT2D eigenvalue weighted by molar-refractivity contribution is 9.11. The summed E-state index contributed by atoms with van der Waals surface area (Å²) in [4.78, 5) is 1.41. The van der Waals surface area contributed by atoms with E-state index in [-0.39, 0.29) is 5.41 Å². The van der Waals surface area contributed by atoms with Crippen LogP contribution in [-0.4, -0.2) is 19.0 Å². The minimum atomic E-state index is 0.197. The van der Waals surface area contributed by atoms with E-state index < -0.39 is 0 Å². The second-order valence-corrected chi connectivity index (χ2v) is 7.05. The van der Waals surface area contributed by atoms with E-state index in [0.29, 0.717) is 0 Å². The number of nitrogens with one attached hydrogen (secondary N) is 1. The van der Waals surface area contributed by atoms with Crippen LogP contribution in [0.1, 0.15) is 25.1 Å². The summed E-state index contributed by atoms with van der Waals surface area (Å²) in [7, 11) is 0. The normalized spacial score (nSPS) is 12.0. The number of hydrogen-bond acceptors (Lipinski definition) is 2. The van der Waals surface area contributed by atoms with Crippen LogP contribution in [0.2, 0.25) is 0 Å². The first-order valence-electron chi connectivity index (χ1n) is 5.09. The van der Waals surface area contributed by atoms with Crippen LogP contribution >= 0.6 is 38.9 Å². The predicted molar refractivity (Wildman–Crippen MR) is 73.3 cm³/mol. The van der Waals surface area contributed by atoms with Gasteiger partial charge in [0.25, 0.3) is 0 Å². The van der Waals surface area contributed by atoms with Gasteiger partial charge >= 0.3 is 0 Å². The Morgan fingerprint density at radius 2 is 2.20 bits per heavy atom. The van der Waals surface area contributed by atoms with Gasteiger partial charge in [0, 0.05) is 22.7 Å². The van der Waals surface area contributed by atoms with Gasteiger partial charge < -0.3 is 5.32 Å². The Labute approximate surface area is 109 Å². The van der Waals surface area contributed by atoms with Crippen LogP contribution < -0.4 is 5.32 Å². The molecule has 0 aliphatic heterocycles. The molecule has 1 aromatic rings. The Kier molecular flexibility index (Phi) is 5.61. The molecule has 1 heterocycles. The fraction of sp³-hybridized carbons (Fsp3) is 0.636. The van der Waals surface area contributed by atoms with E-state index in [0.717, 1.165) is 25.4 Å². The van der Waals surface area contributed by atoms with E-state index in [1.165, 1.54) is 8.66 Å². The average Bonchev–Trinajstić information content (AvgIpc) is 2.60. The molecule has 0 spiro atoms. The summed E-state index contributed by atoms with van der Waals surface area (Å²) in [6.45, 7) is 6.52. The van der Waals surface area contributed by atoms with Crippen LogP contribution in [0.4, 0.5) is 0 Å². The molecule has 0 bridgehead atoms. The van der Waals surface area contributed by atoms with Crippen LogP contribution in [0.5, 0.6) is 0 Å². The van der Waals surface area contributed by atoms with Gasteiger partial charge in [-0.05, 0) is 41.0 Å². The van der Waals surface area contributed by atoms with E-state index >= 15 is 0 Å². The first-order chi connectivity index (χ1) is 7.06. The van der Waals surface area contributed by atoms with Crippen molar-refractivity contribution in [3.05, 3.63) is 20.8 Å². The lowest BCUT2D eigenvalue weighted by atomic mass is 9.91. The van der Waals surface area contributed by atoms with Gasteiger partial charge in [0.1, 0.15) is 0 Å². The molecule has 0 aromatic carbocycles. The van der Waals surface area contributed by atoms with Crippen molar-refractivity contribution in [1.82, 2.24) is 5.32 Å². The molecular formula is C11H17BrClNS. The smallest absolute Gasteiger partial charge is 0.0701 e. The molecule has 0 amide bonds. The number of alkyl halides is 1. The maximum absolute atomic E-state index is 5.63. The lowest BCUT2D eigenvalue weighted by molar-refractivity contribution is 0.478. The third-order valence-electron chi connectivity index (χ3n) is 2.29. The van der Waals surface area contributed by atoms with Crippen LogP contribution in [0.3, 0.4) is 0 Å². The SMILES string of the molecule is CC(C)(CNCCCCl)c1ccc(Br)s1. The molecule has 0 radical (unpaired) electrons. The molecule has 15 heavy (non-hydrogen) atoms. The first-order valence-corrected chi connectivity index (χ1v) is 7.23. The first kappa shape index (κ1) is 13.5. The van der Waals surface area contributed by atoms with Crippen molar-refractivity contribution in [3.63, 3.8) is 0 Å². The van der Waals surface area contributed by atoms with E-state index in [2.05, 4.69) is 47.2 Å². The van der Waals surface area contributed by atoms with E-state index in [4.69, 9.17) is 11.6 Å². The molecule has 0 unspecified atom stereocenters. The Morgan fingerprint density at radius 1 is 1.47 bits per heavy atom. The minimum absolute atomic E-state index is 0.197. The zero-order valence-electron chi connectivity index (χ0n) is 9.15. The van der Waals surface area contributed by atoms with Crippen molar-refractivity contribution >= 4 is 38.9 Å². The summed E-state index contributed by atoms with van der Waals surface area (Å²) in [5.74, 6) is 0.734. The van der Waals surface area contributed by atoms with Crippen molar-refractivity contribution in [1.29, 1.82) is 0 Å². The van der Waals surface area contributed by atoms with Gasteiger partial charge in [0.2, 0.25) is 0 Å². The lowest BCUT2D eigenvalue weighted by Gasteiger charge is -2.23. The van der Waals surface area contributed by atoms with Crippen LogP contribution in [0, 0.1) is 0 Å². The number of hydrogen-bond donors (Lipinski definition) is 1. The van der Waals surface area contributed by atoms with Crippen molar-refractivity contribution in [3.8, 4) is 0 Å². The molecule has 0 aliphatic rings. The van der Waals surface area contributed by atoms with Gasteiger partial charge in [-0.3, -0.25) is 0 Å². The van der Waals surface area contributed by atoms with Crippen molar-refractivity contribution in [2.75, 3.05) is 19.0 Å². The average molecular weight is 311 g/mol. The monoisotopic (exact) mass is 309 g/mol. The molecule has 1 aromatic heterocycles. The van der Waals surface area contributed by atoms with Crippen LogP contribution in [0.25, 0.3) is 0 Å². The molecule has 4 heteroatoms. The maximum atomic E-state index is 5.63. The number of halogens is 2. The van der Waals surface area contributed by atoms with E-state index in [1.807, 2.05) is 11.3 Å². The highest BCUT2D eigenvalue weighted by Gasteiger charge is 2.21. The Bertz CT molecular complexity index is 299. The number of thiophene rings is 1. The van der Waals surface area contributed by atoms with Crippen LogP contribution in [-0.2, 0) is 5.41 Å². The molecule has 0 saturated carbocycles. The second kappa shape index (κ2) is 6.24. The summed E-state index contributed by atoms with van der Waals surface area (Å²) in [6, 6.07) is 4.30. The van der Waals surface area contributed by atoms with Gasteiger partial charge in [-0.25, -0.2) is 0 Å². The standard InChI is InChI=1S/C11H17BrClNS/c1-11(2,8-14-7-3-6-13)9-4-5-10(12)15-9/h4-5,14H,3,6-8H2,1-2H3. The summed E-state index contributed by atoms with van der Waals surface area (Å²) >= 11 is 10.9. The molecule has 1 nitrogen and oxygen atoms in total. The van der Waals surface area contributed by atoms with Crippen LogP contribution in [0.15, 0.2) is 15.9 Å². The molecule has 1 rings (SSSR count). The van der Waals surface area contributed by atoms with Gasteiger partial charge in [-0.15, -0.1) is 22.9 Å². The molecule has 86 valence electrons. The summed E-state index contributed by atoms with van der Waals surface area (Å²) in [5.41, 5.74) is 0.197. The van der Waals surface area contributed by atoms with E-state index in [1.54, 1.807) is 0 Å². The Hall–Kier alpha value is 0.430. The molecular weight excluding hydrogens is 294 g/mol. The summed E-state index contributed by atoms with van der Waals surface area (Å²) in [6.07, 6.45) is 1.03. The fourth-order valence-corrected chi connectivity index (χ4v) is 2.98. The third kappa shape index (κ3) is 4.43. The van der Waals surface area contributed by atoms with Crippen molar-refractivity contribution < 1.29 is 0 Å². The maximum Gasteiger partial charge on any atom is 0.0701 e. The highest BCUT2D eigenvalue weighted by Crippen LogP contribution is 2.32. The molecule has 0 saturated heterocycles. The van der Waals surface area contributed by atoms with Gasteiger partial charge in [0.05, 0.1) is 3.79 Å². The van der Waals surface area contributed by atoms with E-state index in [9.17, 15) is 0 Å². The predicted octanol–water partition coefficient (Wildman–Crippen LogP) is 4.01. The zero-order valence-corrected chi connectivity index (χ0v) is 12.3. The van der Waals surface area contributed by atoms with Crippen molar-refractivity contribution in [2.24, 2.45) is 0 Å². The number of rotatable bonds is 6. The lowest BCUT2D eigenvalue weighted by Crippen LogP contribution is -2.32. The second-order valence-electron chi connectivity index (χ2n) is 4.21. The molecule has 0 aliphatic carbocycles. The topological polar surface area (TPSA) is 12.0 Å². The minimum Gasteiger partial charge on any atom is -0.316 e. The fourth-order valence-electron chi connectivity index (χ4n) is 1.36.